The Morgan fingerprint density at radius 2 is 2.33 bits per heavy atom. The van der Waals surface area contributed by atoms with Crippen molar-refractivity contribution in [3.63, 3.8) is 0 Å². The van der Waals surface area contributed by atoms with Gasteiger partial charge in [-0.3, -0.25) is 4.57 Å². The summed E-state index contributed by atoms with van der Waals surface area (Å²) in [6.45, 7) is 3.13. The van der Waals surface area contributed by atoms with Gasteiger partial charge in [0.25, 0.3) is 0 Å². The Hall–Kier alpha value is -2.41. The molecule has 2 rings (SSSR count). The Kier molecular flexibility index (Phi) is 5.28. The molecule has 7 heteroatoms. The number of amides is 2. The molecule has 0 unspecified atom stereocenters. The monoisotopic (exact) mass is 289 g/mol. The topological polar surface area (TPSA) is 83.3 Å². The van der Waals surface area contributed by atoms with Crippen LogP contribution in [-0.2, 0) is 6.54 Å². The van der Waals surface area contributed by atoms with Gasteiger partial charge in [-0.15, -0.1) is 0 Å². The van der Waals surface area contributed by atoms with Crippen molar-refractivity contribution >= 4 is 6.03 Å². The molecule has 7 nitrogen and oxygen atoms in total. The summed E-state index contributed by atoms with van der Waals surface area (Å²) >= 11 is 0. The number of urea groups is 1. The van der Waals surface area contributed by atoms with E-state index in [1.165, 1.54) is 0 Å². The van der Waals surface area contributed by atoms with E-state index in [2.05, 4.69) is 15.3 Å². The standard InChI is InChI=1S/C14H19N5O2/c1-2-18(7-8-20)14(21)17-10-12-3-4-16-13(9-12)19-6-5-15-11-19/h3-6,9,11,20H,2,7-8,10H2,1H3,(H,17,21). The first-order valence-electron chi connectivity index (χ1n) is 6.81. The molecule has 21 heavy (non-hydrogen) atoms. The molecule has 0 fully saturated rings. The predicted octanol–water partition coefficient (Wildman–Crippen LogP) is 0.791. The largest absolute Gasteiger partial charge is 0.395 e. The van der Waals surface area contributed by atoms with Crippen LogP contribution in [0.15, 0.2) is 37.1 Å². The highest BCUT2D eigenvalue weighted by atomic mass is 16.3. The molecule has 2 aromatic rings. The van der Waals surface area contributed by atoms with Crippen molar-refractivity contribution in [2.24, 2.45) is 0 Å². The van der Waals surface area contributed by atoms with Gasteiger partial charge >= 0.3 is 6.03 Å². The minimum Gasteiger partial charge on any atom is -0.395 e. The Balaban J connectivity index is 1.97. The second-order valence-electron chi connectivity index (χ2n) is 4.45. The average Bonchev–Trinajstić information content (AvgIpc) is 3.05. The van der Waals surface area contributed by atoms with Crippen molar-refractivity contribution in [2.45, 2.75) is 13.5 Å². The van der Waals surface area contributed by atoms with Gasteiger partial charge in [-0.2, -0.15) is 0 Å². The lowest BCUT2D eigenvalue weighted by atomic mass is 10.2. The highest BCUT2D eigenvalue weighted by molar-refractivity contribution is 5.74. The Labute approximate surface area is 123 Å². The van der Waals surface area contributed by atoms with Crippen molar-refractivity contribution in [1.29, 1.82) is 0 Å². The molecule has 2 aromatic heterocycles. The maximum Gasteiger partial charge on any atom is 0.317 e. The van der Waals surface area contributed by atoms with E-state index in [1.54, 1.807) is 28.2 Å². The molecule has 2 N–H and O–H groups in total. The van der Waals surface area contributed by atoms with Crippen molar-refractivity contribution in [3.05, 3.63) is 42.6 Å². The van der Waals surface area contributed by atoms with Crippen molar-refractivity contribution in [1.82, 2.24) is 24.8 Å². The molecule has 2 amide bonds. The summed E-state index contributed by atoms with van der Waals surface area (Å²) in [4.78, 5) is 21.7. The van der Waals surface area contributed by atoms with Crippen LogP contribution in [0.1, 0.15) is 12.5 Å². The maximum atomic E-state index is 11.9. The smallest absolute Gasteiger partial charge is 0.317 e. The molecule has 0 saturated heterocycles. The van der Waals surface area contributed by atoms with E-state index in [9.17, 15) is 4.79 Å². The molecule has 0 bridgehead atoms. The summed E-state index contributed by atoms with van der Waals surface area (Å²) in [7, 11) is 0. The molecule has 112 valence electrons. The van der Waals surface area contributed by atoms with E-state index >= 15 is 0 Å². The Morgan fingerprint density at radius 1 is 1.48 bits per heavy atom. The van der Waals surface area contributed by atoms with Gasteiger partial charge in [-0.25, -0.2) is 14.8 Å². The molecule has 2 heterocycles. The molecule has 0 aliphatic rings. The van der Waals surface area contributed by atoms with E-state index in [0.717, 1.165) is 11.4 Å². The second kappa shape index (κ2) is 7.39. The van der Waals surface area contributed by atoms with E-state index in [1.807, 2.05) is 25.3 Å². The summed E-state index contributed by atoms with van der Waals surface area (Å²) in [5, 5.41) is 11.7. The number of hydrogen-bond acceptors (Lipinski definition) is 4. The number of aromatic nitrogens is 3. The molecule has 0 aliphatic heterocycles. The molecular weight excluding hydrogens is 270 g/mol. The zero-order valence-electron chi connectivity index (χ0n) is 11.9. The van der Waals surface area contributed by atoms with E-state index in [0.29, 0.717) is 19.6 Å². The Bertz CT molecular complexity index is 571. The number of hydrogen-bond donors (Lipinski definition) is 2. The van der Waals surface area contributed by atoms with Crippen LogP contribution in [0.2, 0.25) is 0 Å². The fourth-order valence-electron chi connectivity index (χ4n) is 1.92. The number of rotatable bonds is 6. The fraction of sp³-hybridized carbons (Fsp3) is 0.357. The fourth-order valence-corrected chi connectivity index (χ4v) is 1.92. The first-order valence-corrected chi connectivity index (χ1v) is 6.81. The van der Waals surface area contributed by atoms with E-state index < -0.39 is 0 Å². The minimum absolute atomic E-state index is 0.0404. The summed E-state index contributed by atoms with van der Waals surface area (Å²) in [6, 6.07) is 3.56. The molecule has 0 aliphatic carbocycles. The first-order chi connectivity index (χ1) is 10.2. The van der Waals surface area contributed by atoms with Gasteiger partial charge in [0.1, 0.15) is 12.1 Å². The second-order valence-corrected chi connectivity index (χ2v) is 4.45. The third-order valence-corrected chi connectivity index (χ3v) is 3.06. The number of aliphatic hydroxyl groups excluding tert-OH is 1. The Morgan fingerprint density at radius 3 is 3.00 bits per heavy atom. The number of aliphatic hydroxyl groups is 1. The number of likely N-dealkylation sites (N-methyl/N-ethyl adjacent to an activating group) is 1. The van der Waals surface area contributed by atoms with Crippen molar-refractivity contribution in [2.75, 3.05) is 19.7 Å². The van der Waals surface area contributed by atoms with Gasteiger partial charge in [-0.1, -0.05) is 0 Å². The van der Waals surface area contributed by atoms with Crippen molar-refractivity contribution < 1.29 is 9.90 Å². The van der Waals surface area contributed by atoms with Crippen LogP contribution in [0, 0.1) is 0 Å². The molecular formula is C14H19N5O2. The van der Waals surface area contributed by atoms with Gasteiger partial charge in [-0.05, 0) is 24.6 Å². The molecule has 0 spiro atoms. The third-order valence-electron chi connectivity index (χ3n) is 3.06. The van der Waals surface area contributed by atoms with Crippen LogP contribution in [0.4, 0.5) is 4.79 Å². The van der Waals surface area contributed by atoms with Gasteiger partial charge in [0.05, 0.1) is 6.61 Å². The van der Waals surface area contributed by atoms with Gasteiger partial charge < -0.3 is 15.3 Å². The average molecular weight is 289 g/mol. The first kappa shape index (κ1) is 15.0. The lowest BCUT2D eigenvalue weighted by Gasteiger charge is -2.20. The maximum absolute atomic E-state index is 11.9. The van der Waals surface area contributed by atoms with E-state index in [-0.39, 0.29) is 12.6 Å². The predicted molar refractivity (Wildman–Crippen MR) is 77.9 cm³/mol. The number of nitrogens with zero attached hydrogens (tertiary/aromatic N) is 4. The summed E-state index contributed by atoms with van der Waals surface area (Å²) in [6.07, 6.45) is 6.86. The highest BCUT2D eigenvalue weighted by Crippen LogP contribution is 2.06. The number of pyridine rings is 1. The molecule has 0 saturated carbocycles. The highest BCUT2D eigenvalue weighted by Gasteiger charge is 2.10. The van der Waals surface area contributed by atoms with Gasteiger partial charge in [0.15, 0.2) is 0 Å². The van der Waals surface area contributed by atoms with Crippen LogP contribution in [0.5, 0.6) is 0 Å². The summed E-state index contributed by atoms with van der Waals surface area (Å²) < 4.78 is 1.80. The molecule has 0 atom stereocenters. The summed E-state index contributed by atoms with van der Waals surface area (Å²) in [5.74, 6) is 0.752. The summed E-state index contributed by atoms with van der Waals surface area (Å²) in [5.41, 5.74) is 0.946. The molecule has 0 radical (unpaired) electrons. The quantitative estimate of drug-likeness (QED) is 0.823. The third kappa shape index (κ3) is 4.03. The molecule has 0 aromatic carbocycles. The number of carbonyl (C=O) groups is 1. The number of nitrogens with one attached hydrogen (secondary N) is 1. The van der Waals surface area contributed by atoms with Crippen LogP contribution >= 0.6 is 0 Å². The zero-order valence-corrected chi connectivity index (χ0v) is 11.9. The lowest BCUT2D eigenvalue weighted by Crippen LogP contribution is -2.41. The van der Waals surface area contributed by atoms with Crippen LogP contribution in [-0.4, -0.2) is 50.3 Å². The van der Waals surface area contributed by atoms with Crippen molar-refractivity contribution in [3.8, 4) is 5.82 Å². The zero-order chi connectivity index (χ0) is 15.1. The normalized spacial score (nSPS) is 10.4. The number of imidazole rings is 1. The van der Waals surface area contributed by atoms with E-state index in [4.69, 9.17) is 5.11 Å². The number of carbonyl (C=O) groups excluding carboxylic acids is 1. The van der Waals surface area contributed by atoms with Gasteiger partial charge in [0, 0.05) is 38.2 Å². The van der Waals surface area contributed by atoms with Crippen LogP contribution < -0.4 is 5.32 Å². The van der Waals surface area contributed by atoms with Crippen LogP contribution in [0.25, 0.3) is 5.82 Å². The van der Waals surface area contributed by atoms with Crippen LogP contribution in [0.3, 0.4) is 0 Å². The van der Waals surface area contributed by atoms with Gasteiger partial charge in [0.2, 0.25) is 0 Å². The SMILES string of the molecule is CCN(CCO)C(=O)NCc1ccnc(-n2ccnc2)c1. The lowest BCUT2D eigenvalue weighted by molar-refractivity contribution is 0.180. The minimum atomic E-state index is -0.187.